The van der Waals surface area contributed by atoms with Gasteiger partial charge in [-0.3, -0.25) is 4.79 Å². The number of anilines is 1. The van der Waals surface area contributed by atoms with Gasteiger partial charge in [0.2, 0.25) is 5.89 Å². The number of methoxy groups -OCH3 is 1. The molecule has 6 nitrogen and oxygen atoms in total. The van der Waals surface area contributed by atoms with Gasteiger partial charge in [0.05, 0.1) is 17.7 Å². The molecule has 152 valence electrons. The molecular formula is C22H16BrClN2O4. The van der Waals surface area contributed by atoms with Crippen molar-refractivity contribution in [3.63, 3.8) is 0 Å². The second-order valence-corrected chi connectivity index (χ2v) is 7.66. The Morgan fingerprint density at radius 2 is 1.87 bits per heavy atom. The number of amides is 1. The molecule has 0 bridgehead atoms. The minimum absolute atomic E-state index is 0.123. The van der Waals surface area contributed by atoms with Crippen LogP contribution in [0.1, 0.15) is 0 Å². The van der Waals surface area contributed by atoms with Crippen LogP contribution >= 0.6 is 27.5 Å². The SMILES string of the molecule is COc1ccc(OCC(=O)Nc2ccc3oc(-c4cc(Br)ccc4Cl)nc3c2)cc1. The van der Waals surface area contributed by atoms with Gasteiger partial charge in [-0.05, 0) is 60.7 Å². The summed E-state index contributed by atoms with van der Waals surface area (Å²) in [7, 11) is 1.59. The number of halogens is 2. The molecule has 0 saturated carbocycles. The standard InChI is InChI=1S/C22H16BrClN2O4/c1-28-15-4-6-16(7-5-15)29-12-21(27)25-14-3-9-20-19(11-14)26-22(30-20)17-10-13(23)2-8-18(17)24/h2-11H,12H2,1H3,(H,25,27). The molecule has 0 fully saturated rings. The first kappa shape index (κ1) is 20.3. The summed E-state index contributed by atoms with van der Waals surface area (Å²) in [5.41, 5.74) is 2.47. The van der Waals surface area contributed by atoms with Crippen molar-refractivity contribution < 1.29 is 18.7 Å². The van der Waals surface area contributed by atoms with Gasteiger partial charge in [0, 0.05) is 10.2 Å². The second-order valence-electron chi connectivity index (χ2n) is 6.34. The third kappa shape index (κ3) is 4.58. The number of carbonyl (C=O) groups excluding carboxylic acids is 1. The predicted molar refractivity (Wildman–Crippen MR) is 119 cm³/mol. The Labute approximate surface area is 185 Å². The molecule has 0 aliphatic carbocycles. The maximum absolute atomic E-state index is 12.2. The molecule has 30 heavy (non-hydrogen) atoms. The molecule has 4 aromatic rings. The number of hydrogen-bond acceptors (Lipinski definition) is 5. The van der Waals surface area contributed by atoms with Gasteiger partial charge in [-0.25, -0.2) is 4.98 Å². The molecule has 4 rings (SSSR count). The molecular weight excluding hydrogens is 472 g/mol. The molecule has 1 heterocycles. The molecule has 0 saturated heterocycles. The first-order chi connectivity index (χ1) is 14.5. The van der Waals surface area contributed by atoms with Gasteiger partial charge in [0.15, 0.2) is 12.2 Å². The summed E-state index contributed by atoms with van der Waals surface area (Å²) in [6, 6.07) is 17.7. The van der Waals surface area contributed by atoms with Gasteiger partial charge in [-0.2, -0.15) is 0 Å². The average molecular weight is 488 g/mol. The van der Waals surface area contributed by atoms with Crippen LogP contribution in [-0.2, 0) is 4.79 Å². The number of rotatable bonds is 6. The molecule has 0 unspecified atom stereocenters. The lowest BCUT2D eigenvalue weighted by atomic mass is 10.2. The van der Waals surface area contributed by atoms with Crippen LogP contribution in [0, 0.1) is 0 Å². The number of ether oxygens (including phenoxy) is 2. The quantitative estimate of drug-likeness (QED) is 0.364. The van der Waals surface area contributed by atoms with Crippen LogP contribution in [0.2, 0.25) is 5.02 Å². The van der Waals surface area contributed by atoms with E-state index in [-0.39, 0.29) is 12.5 Å². The summed E-state index contributed by atoms with van der Waals surface area (Å²) in [4.78, 5) is 16.7. The fraction of sp³-hybridized carbons (Fsp3) is 0.0909. The van der Waals surface area contributed by atoms with Gasteiger partial charge in [-0.15, -0.1) is 0 Å². The molecule has 8 heteroatoms. The Hall–Kier alpha value is -3.03. The summed E-state index contributed by atoms with van der Waals surface area (Å²) in [5, 5.41) is 3.33. The first-order valence-corrected chi connectivity index (χ1v) is 10.1. The zero-order valence-electron chi connectivity index (χ0n) is 15.8. The number of hydrogen-bond donors (Lipinski definition) is 1. The van der Waals surface area contributed by atoms with Crippen molar-refractivity contribution >= 4 is 50.2 Å². The molecule has 3 aromatic carbocycles. The average Bonchev–Trinajstić information content (AvgIpc) is 3.17. The van der Waals surface area contributed by atoms with Crippen molar-refractivity contribution in [2.45, 2.75) is 0 Å². The van der Waals surface area contributed by atoms with Crippen LogP contribution in [0.3, 0.4) is 0 Å². The highest BCUT2D eigenvalue weighted by Crippen LogP contribution is 2.33. The van der Waals surface area contributed by atoms with Gasteiger partial charge in [0.1, 0.15) is 17.0 Å². The Balaban J connectivity index is 1.45. The lowest BCUT2D eigenvalue weighted by molar-refractivity contribution is -0.118. The van der Waals surface area contributed by atoms with E-state index in [1.165, 1.54) is 0 Å². The zero-order chi connectivity index (χ0) is 21.1. The molecule has 0 spiro atoms. The highest BCUT2D eigenvalue weighted by molar-refractivity contribution is 9.10. The van der Waals surface area contributed by atoms with Gasteiger partial charge >= 0.3 is 0 Å². The number of nitrogens with zero attached hydrogens (tertiary/aromatic N) is 1. The number of nitrogens with one attached hydrogen (secondary N) is 1. The second kappa shape index (κ2) is 8.77. The van der Waals surface area contributed by atoms with Crippen LogP contribution in [0.25, 0.3) is 22.6 Å². The van der Waals surface area contributed by atoms with Crippen molar-refractivity contribution in [2.24, 2.45) is 0 Å². The van der Waals surface area contributed by atoms with E-state index >= 15 is 0 Å². The van der Waals surface area contributed by atoms with Crippen LogP contribution in [0.15, 0.2) is 69.6 Å². The summed E-state index contributed by atoms with van der Waals surface area (Å²) in [5.74, 6) is 1.41. The molecule has 1 amide bonds. The fourth-order valence-corrected chi connectivity index (χ4v) is 3.36. The van der Waals surface area contributed by atoms with E-state index in [0.29, 0.717) is 39.0 Å². The lowest BCUT2D eigenvalue weighted by Crippen LogP contribution is -2.20. The maximum atomic E-state index is 12.2. The van der Waals surface area contributed by atoms with Gasteiger partial charge < -0.3 is 19.2 Å². The number of benzene rings is 3. The summed E-state index contributed by atoms with van der Waals surface area (Å²) >= 11 is 9.68. The fourth-order valence-electron chi connectivity index (χ4n) is 2.80. The van der Waals surface area contributed by atoms with Crippen LogP contribution in [-0.4, -0.2) is 24.6 Å². The third-order valence-electron chi connectivity index (χ3n) is 4.26. The minimum Gasteiger partial charge on any atom is -0.497 e. The summed E-state index contributed by atoms with van der Waals surface area (Å²) in [6.45, 7) is -0.123. The van der Waals surface area contributed by atoms with E-state index in [0.717, 1.165) is 10.2 Å². The highest BCUT2D eigenvalue weighted by atomic mass is 79.9. The Morgan fingerprint density at radius 3 is 2.63 bits per heavy atom. The van der Waals surface area contributed by atoms with Crippen LogP contribution < -0.4 is 14.8 Å². The zero-order valence-corrected chi connectivity index (χ0v) is 18.2. The Morgan fingerprint density at radius 1 is 1.10 bits per heavy atom. The first-order valence-electron chi connectivity index (χ1n) is 8.94. The number of carbonyl (C=O) groups is 1. The maximum Gasteiger partial charge on any atom is 0.262 e. The van der Waals surface area contributed by atoms with E-state index in [1.54, 1.807) is 55.6 Å². The number of aromatic nitrogens is 1. The van der Waals surface area contributed by atoms with E-state index in [2.05, 4.69) is 26.2 Å². The minimum atomic E-state index is -0.288. The molecule has 0 atom stereocenters. The van der Waals surface area contributed by atoms with E-state index in [1.807, 2.05) is 12.1 Å². The van der Waals surface area contributed by atoms with E-state index in [9.17, 15) is 4.79 Å². The third-order valence-corrected chi connectivity index (χ3v) is 5.08. The molecule has 0 aliphatic heterocycles. The largest absolute Gasteiger partial charge is 0.497 e. The van der Waals surface area contributed by atoms with Crippen LogP contribution in [0.5, 0.6) is 11.5 Å². The normalized spacial score (nSPS) is 10.8. The van der Waals surface area contributed by atoms with Crippen molar-refractivity contribution in [1.29, 1.82) is 0 Å². The monoisotopic (exact) mass is 486 g/mol. The van der Waals surface area contributed by atoms with Crippen molar-refractivity contribution in [2.75, 3.05) is 19.0 Å². The predicted octanol–water partition coefficient (Wildman–Crippen LogP) is 5.94. The Kier molecular flexibility index (Phi) is 5.92. The highest BCUT2D eigenvalue weighted by Gasteiger charge is 2.13. The Bertz CT molecular complexity index is 1210. The van der Waals surface area contributed by atoms with E-state index in [4.69, 9.17) is 25.5 Å². The topological polar surface area (TPSA) is 73.6 Å². The smallest absolute Gasteiger partial charge is 0.262 e. The van der Waals surface area contributed by atoms with Crippen molar-refractivity contribution in [3.05, 3.63) is 70.2 Å². The number of oxazole rings is 1. The van der Waals surface area contributed by atoms with Crippen LogP contribution in [0.4, 0.5) is 5.69 Å². The van der Waals surface area contributed by atoms with Gasteiger partial charge in [0.25, 0.3) is 5.91 Å². The van der Waals surface area contributed by atoms with Crippen molar-refractivity contribution in [1.82, 2.24) is 4.98 Å². The summed E-state index contributed by atoms with van der Waals surface area (Å²) in [6.07, 6.45) is 0. The number of fused-ring (bicyclic) bond motifs is 1. The van der Waals surface area contributed by atoms with Gasteiger partial charge in [-0.1, -0.05) is 27.5 Å². The van der Waals surface area contributed by atoms with E-state index < -0.39 is 0 Å². The molecule has 0 radical (unpaired) electrons. The molecule has 1 N–H and O–H groups in total. The lowest BCUT2D eigenvalue weighted by Gasteiger charge is -2.08. The molecule has 0 aliphatic rings. The molecule has 1 aromatic heterocycles. The summed E-state index contributed by atoms with van der Waals surface area (Å²) < 4.78 is 17.3. The van der Waals surface area contributed by atoms with Crippen molar-refractivity contribution in [3.8, 4) is 23.0 Å².